The Kier molecular flexibility index (Phi) is 8.64. The van der Waals surface area contributed by atoms with E-state index < -0.39 is 0 Å². The first-order valence-corrected chi connectivity index (χ1v) is 7.95. The topological polar surface area (TPSA) is 48.0 Å². The summed E-state index contributed by atoms with van der Waals surface area (Å²) in [6.45, 7) is 15.7. The van der Waals surface area contributed by atoms with Crippen LogP contribution >= 0.6 is 0 Å². The van der Waals surface area contributed by atoms with E-state index >= 15 is 0 Å². The van der Waals surface area contributed by atoms with Crippen LogP contribution in [0.25, 0.3) is 0 Å². The smallest absolute Gasteiger partial charge is 0.0791 e. The lowest BCUT2D eigenvalue weighted by Gasteiger charge is -2.31. The summed E-state index contributed by atoms with van der Waals surface area (Å²) in [7, 11) is 0. The first-order chi connectivity index (χ1) is 9.50. The molecule has 1 aliphatic rings. The van der Waals surface area contributed by atoms with Crippen LogP contribution in [0.15, 0.2) is 0 Å². The Morgan fingerprint density at radius 2 is 1.75 bits per heavy atom. The molecule has 0 bridgehead atoms. The van der Waals surface area contributed by atoms with Gasteiger partial charge in [0.15, 0.2) is 0 Å². The van der Waals surface area contributed by atoms with Gasteiger partial charge in [-0.15, -0.1) is 0 Å². The molecule has 0 amide bonds. The molecule has 0 aliphatic carbocycles. The predicted octanol–water partition coefficient (Wildman–Crippen LogP) is 0.388. The van der Waals surface area contributed by atoms with Crippen molar-refractivity contribution in [2.45, 2.75) is 45.9 Å². The van der Waals surface area contributed by atoms with Crippen molar-refractivity contribution in [2.75, 3.05) is 52.5 Å². The molecular weight excluding hydrogens is 254 g/mol. The standard InChI is InChI=1S/C15H33N3O2/c1-13(2)18(14(3)4)6-5-16-11-15(19)12-17-7-9-20-10-8-17/h13-16,19H,5-12H2,1-4H3. The second kappa shape index (κ2) is 9.68. The number of aliphatic hydroxyl groups excluding tert-OH is 1. The largest absolute Gasteiger partial charge is 0.390 e. The summed E-state index contributed by atoms with van der Waals surface area (Å²) >= 11 is 0. The molecule has 0 saturated carbocycles. The van der Waals surface area contributed by atoms with Gasteiger partial charge in [0, 0.05) is 51.4 Å². The summed E-state index contributed by atoms with van der Waals surface area (Å²) in [6.07, 6.45) is -0.292. The number of hydrogen-bond acceptors (Lipinski definition) is 5. The van der Waals surface area contributed by atoms with Gasteiger partial charge in [-0.1, -0.05) is 0 Å². The molecular formula is C15H33N3O2. The summed E-state index contributed by atoms with van der Waals surface area (Å²) < 4.78 is 5.31. The highest BCUT2D eigenvalue weighted by molar-refractivity contribution is 4.71. The third-order valence-corrected chi connectivity index (χ3v) is 3.83. The number of nitrogens with zero attached hydrogens (tertiary/aromatic N) is 2. The van der Waals surface area contributed by atoms with E-state index in [0.29, 0.717) is 18.6 Å². The summed E-state index contributed by atoms with van der Waals surface area (Å²) in [4.78, 5) is 4.73. The zero-order valence-corrected chi connectivity index (χ0v) is 13.6. The molecule has 5 nitrogen and oxygen atoms in total. The molecule has 2 N–H and O–H groups in total. The molecule has 0 spiro atoms. The van der Waals surface area contributed by atoms with Crippen LogP contribution in [0.5, 0.6) is 0 Å². The van der Waals surface area contributed by atoms with Crippen LogP contribution in [0.2, 0.25) is 0 Å². The monoisotopic (exact) mass is 287 g/mol. The Balaban J connectivity index is 2.10. The molecule has 0 aromatic heterocycles. The third kappa shape index (κ3) is 6.99. The summed E-state index contributed by atoms with van der Waals surface area (Å²) in [6, 6.07) is 1.13. The van der Waals surface area contributed by atoms with Crippen LogP contribution < -0.4 is 5.32 Å². The fourth-order valence-electron chi connectivity index (χ4n) is 2.74. The molecule has 1 aliphatic heterocycles. The second-order valence-electron chi connectivity index (χ2n) is 6.20. The molecule has 1 unspecified atom stereocenters. The first kappa shape index (κ1) is 17.9. The highest BCUT2D eigenvalue weighted by Gasteiger charge is 2.15. The molecule has 1 fully saturated rings. The lowest BCUT2D eigenvalue weighted by Crippen LogP contribution is -2.45. The van der Waals surface area contributed by atoms with Crippen molar-refractivity contribution < 1.29 is 9.84 Å². The van der Waals surface area contributed by atoms with E-state index in [-0.39, 0.29) is 6.10 Å². The second-order valence-corrected chi connectivity index (χ2v) is 6.20. The Hall–Kier alpha value is -0.200. The van der Waals surface area contributed by atoms with Gasteiger partial charge in [0.2, 0.25) is 0 Å². The van der Waals surface area contributed by atoms with Crippen molar-refractivity contribution in [3.63, 3.8) is 0 Å². The molecule has 1 heterocycles. The van der Waals surface area contributed by atoms with E-state index in [1.807, 2.05) is 0 Å². The lowest BCUT2D eigenvalue weighted by molar-refractivity contribution is 0.0148. The summed E-state index contributed by atoms with van der Waals surface area (Å²) in [5.41, 5.74) is 0. The van der Waals surface area contributed by atoms with Gasteiger partial charge in [0.05, 0.1) is 19.3 Å². The van der Waals surface area contributed by atoms with Crippen LogP contribution in [0, 0.1) is 0 Å². The van der Waals surface area contributed by atoms with Crippen molar-refractivity contribution in [3.8, 4) is 0 Å². The molecule has 1 rings (SSSR count). The molecule has 0 aromatic carbocycles. The van der Waals surface area contributed by atoms with Crippen LogP contribution in [0.1, 0.15) is 27.7 Å². The average Bonchev–Trinajstić information content (AvgIpc) is 2.38. The quantitative estimate of drug-likeness (QED) is 0.601. The normalized spacial score (nSPS) is 19.2. The Morgan fingerprint density at radius 3 is 2.30 bits per heavy atom. The number of morpholine rings is 1. The van der Waals surface area contributed by atoms with Crippen molar-refractivity contribution in [1.82, 2.24) is 15.1 Å². The predicted molar refractivity (Wildman–Crippen MR) is 83.1 cm³/mol. The number of hydrogen-bond donors (Lipinski definition) is 2. The van der Waals surface area contributed by atoms with E-state index in [0.717, 1.165) is 45.9 Å². The minimum absolute atomic E-state index is 0.292. The highest BCUT2D eigenvalue weighted by atomic mass is 16.5. The molecule has 120 valence electrons. The molecule has 20 heavy (non-hydrogen) atoms. The first-order valence-electron chi connectivity index (χ1n) is 7.95. The van der Waals surface area contributed by atoms with Gasteiger partial charge in [-0.3, -0.25) is 9.80 Å². The Labute approximate surface area is 124 Å². The highest BCUT2D eigenvalue weighted by Crippen LogP contribution is 2.03. The lowest BCUT2D eigenvalue weighted by atomic mass is 10.2. The zero-order valence-electron chi connectivity index (χ0n) is 13.6. The molecule has 0 radical (unpaired) electrons. The number of aliphatic hydroxyl groups is 1. The van der Waals surface area contributed by atoms with E-state index in [4.69, 9.17) is 4.74 Å². The SMILES string of the molecule is CC(C)N(CCNCC(O)CN1CCOCC1)C(C)C. The van der Waals surface area contributed by atoms with Gasteiger partial charge in [-0.2, -0.15) is 0 Å². The van der Waals surface area contributed by atoms with Gasteiger partial charge in [-0.05, 0) is 27.7 Å². The number of ether oxygens (including phenoxy) is 1. The summed E-state index contributed by atoms with van der Waals surface area (Å²) in [5.74, 6) is 0. The van der Waals surface area contributed by atoms with Gasteiger partial charge in [0.1, 0.15) is 0 Å². The number of β-amino-alcohol motifs (C(OH)–C–C–N with tert-alkyl or cyclic N) is 1. The minimum atomic E-state index is -0.292. The van der Waals surface area contributed by atoms with Crippen LogP contribution in [0.3, 0.4) is 0 Å². The summed E-state index contributed by atoms with van der Waals surface area (Å²) in [5, 5.41) is 13.4. The van der Waals surface area contributed by atoms with Crippen LogP contribution in [-0.4, -0.2) is 85.6 Å². The van der Waals surface area contributed by atoms with Crippen molar-refractivity contribution in [1.29, 1.82) is 0 Å². The number of rotatable bonds is 9. The number of nitrogens with one attached hydrogen (secondary N) is 1. The average molecular weight is 287 g/mol. The van der Waals surface area contributed by atoms with Gasteiger partial charge in [0.25, 0.3) is 0 Å². The van der Waals surface area contributed by atoms with E-state index in [9.17, 15) is 5.11 Å². The maximum atomic E-state index is 10.0. The van der Waals surface area contributed by atoms with Gasteiger partial charge in [-0.25, -0.2) is 0 Å². The van der Waals surface area contributed by atoms with E-state index in [1.165, 1.54) is 0 Å². The fraction of sp³-hybridized carbons (Fsp3) is 1.00. The van der Waals surface area contributed by atoms with Gasteiger partial charge >= 0.3 is 0 Å². The maximum absolute atomic E-state index is 10.0. The van der Waals surface area contributed by atoms with Crippen LogP contribution in [0.4, 0.5) is 0 Å². The van der Waals surface area contributed by atoms with Gasteiger partial charge < -0.3 is 15.2 Å². The van der Waals surface area contributed by atoms with Crippen molar-refractivity contribution >= 4 is 0 Å². The van der Waals surface area contributed by atoms with Crippen molar-refractivity contribution in [2.24, 2.45) is 0 Å². The zero-order chi connectivity index (χ0) is 15.0. The van der Waals surface area contributed by atoms with E-state index in [1.54, 1.807) is 0 Å². The van der Waals surface area contributed by atoms with E-state index in [2.05, 4.69) is 42.8 Å². The molecule has 5 heteroatoms. The van der Waals surface area contributed by atoms with Crippen molar-refractivity contribution in [3.05, 3.63) is 0 Å². The Morgan fingerprint density at radius 1 is 1.15 bits per heavy atom. The van der Waals surface area contributed by atoms with Crippen LogP contribution in [-0.2, 0) is 4.74 Å². The maximum Gasteiger partial charge on any atom is 0.0791 e. The molecule has 1 saturated heterocycles. The fourth-order valence-corrected chi connectivity index (χ4v) is 2.74. The third-order valence-electron chi connectivity index (χ3n) is 3.83. The Bertz CT molecular complexity index is 235. The molecule has 0 aromatic rings. The minimum Gasteiger partial charge on any atom is -0.390 e. The molecule has 1 atom stereocenters.